The molecule has 0 aromatic heterocycles. The van der Waals surface area contributed by atoms with E-state index in [4.69, 9.17) is 0 Å². The normalized spacial score (nSPS) is 13.8. The highest BCUT2D eigenvalue weighted by Gasteiger charge is 2.32. The number of hydrogen-bond acceptors (Lipinski definition) is 2. The summed E-state index contributed by atoms with van der Waals surface area (Å²) in [7, 11) is 0. The molecule has 3 aromatic carbocycles. The van der Waals surface area contributed by atoms with E-state index in [1.165, 1.54) is 0 Å². The largest absolute Gasteiger partial charge is 0.293 e. The first-order valence-corrected chi connectivity index (χ1v) is 10.7. The summed E-state index contributed by atoms with van der Waals surface area (Å²) in [5.74, 6) is -1.13. The van der Waals surface area contributed by atoms with E-state index in [0.29, 0.717) is 16.7 Å². The van der Waals surface area contributed by atoms with Crippen molar-refractivity contribution < 1.29 is 9.59 Å². The van der Waals surface area contributed by atoms with E-state index in [1.54, 1.807) is 24.3 Å². The maximum Gasteiger partial charge on any atom is 0.178 e. The predicted octanol–water partition coefficient (Wildman–Crippen LogP) is 6.75. The molecule has 0 heterocycles. The number of carbonyl (C=O) groups excluding carboxylic acids is 2. The first kappa shape index (κ1) is 21.2. The van der Waals surface area contributed by atoms with Gasteiger partial charge in [0.15, 0.2) is 11.6 Å². The summed E-state index contributed by atoms with van der Waals surface area (Å²) in [5, 5.41) is 0. The summed E-state index contributed by atoms with van der Waals surface area (Å²) in [6.45, 7) is 0. The van der Waals surface area contributed by atoms with E-state index in [1.807, 2.05) is 91.0 Å². The van der Waals surface area contributed by atoms with E-state index in [0.717, 1.165) is 5.56 Å². The van der Waals surface area contributed by atoms with Gasteiger partial charge in [-0.3, -0.25) is 9.59 Å². The van der Waals surface area contributed by atoms with Crippen LogP contribution in [0.1, 0.15) is 26.3 Å². The number of ketones is 2. The van der Waals surface area contributed by atoms with Crippen molar-refractivity contribution in [2.75, 3.05) is 0 Å². The van der Waals surface area contributed by atoms with E-state index in [2.05, 4.69) is 18.2 Å². The van der Waals surface area contributed by atoms with Gasteiger partial charge in [0, 0.05) is 17.0 Å². The maximum absolute atomic E-state index is 13.7. The lowest BCUT2D eigenvalue weighted by Gasteiger charge is -2.19. The summed E-state index contributed by atoms with van der Waals surface area (Å²) in [4.78, 5) is 27.4. The van der Waals surface area contributed by atoms with E-state index in [-0.39, 0.29) is 17.5 Å². The quantitative estimate of drug-likeness (QED) is 0.231. The number of Topliss-reactive ketones (excluding diaryl/α,β-unsaturated/α-hetero) is 2. The third kappa shape index (κ3) is 4.98. The molecular formula is C30H24O2. The molecule has 0 atom stereocenters. The Kier molecular flexibility index (Phi) is 6.84. The van der Waals surface area contributed by atoms with Crippen LogP contribution < -0.4 is 0 Å². The van der Waals surface area contributed by atoms with Gasteiger partial charge in [-0.05, 0) is 11.1 Å². The van der Waals surface area contributed by atoms with Crippen LogP contribution in [-0.4, -0.2) is 11.6 Å². The first-order chi connectivity index (χ1) is 15.7. The topological polar surface area (TPSA) is 34.1 Å². The van der Waals surface area contributed by atoms with Crippen LogP contribution >= 0.6 is 0 Å². The Bertz CT molecular complexity index is 1120. The van der Waals surface area contributed by atoms with Crippen molar-refractivity contribution in [1.82, 2.24) is 0 Å². The fourth-order valence-electron chi connectivity index (χ4n) is 3.79. The first-order valence-electron chi connectivity index (χ1n) is 10.7. The summed E-state index contributed by atoms with van der Waals surface area (Å²) >= 11 is 0. The Morgan fingerprint density at radius 2 is 1.06 bits per heavy atom. The average Bonchev–Trinajstić information content (AvgIpc) is 3.38. The van der Waals surface area contributed by atoms with Crippen LogP contribution in [0, 0.1) is 11.8 Å². The Morgan fingerprint density at radius 1 is 0.625 bits per heavy atom. The van der Waals surface area contributed by atoms with Gasteiger partial charge in [0.2, 0.25) is 0 Å². The zero-order valence-corrected chi connectivity index (χ0v) is 17.7. The molecule has 0 unspecified atom stereocenters. The molecule has 1 aliphatic rings. The van der Waals surface area contributed by atoms with Crippen LogP contribution in [-0.2, 0) is 0 Å². The van der Waals surface area contributed by atoms with Gasteiger partial charge < -0.3 is 0 Å². The number of rotatable bonds is 8. The highest BCUT2D eigenvalue weighted by atomic mass is 16.2. The molecule has 156 valence electrons. The van der Waals surface area contributed by atoms with Crippen molar-refractivity contribution in [2.24, 2.45) is 11.8 Å². The molecule has 4 rings (SSSR count). The number of allylic oxidation sites excluding steroid dienone is 8. The minimum atomic E-state index is -0.943. The molecule has 0 spiro atoms. The molecule has 0 saturated carbocycles. The van der Waals surface area contributed by atoms with Crippen LogP contribution in [0.15, 0.2) is 134 Å². The van der Waals surface area contributed by atoms with Crippen LogP contribution in [0.3, 0.4) is 0 Å². The number of carbonyl (C=O) groups is 2. The van der Waals surface area contributed by atoms with Crippen molar-refractivity contribution in [1.29, 1.82) is 0 Å². The molecule has 0 fully saturated rings. The minimum Gasteiger partial charge on any atom is -0.293 e. The van der Waals surface area contributed by atoms with Crippen LogP contribution in [0.5, 0.6) is 0 Å². The Morgan fingerprint density at radius 3 is 1.53 bits per heavy atom. The highest BCUT2D eigenvalue weighted by Crippen LogP contribution is 2.30. The van der Waals surface area contributed by atoms with Gasteiger partial charge in [-0.2, -0.15) is 0 Å². The van der Waals surface area contributed by atoms with Gasteiger partial charge in [0.05, 0.1) is 0 Å². The number of hydrogen-bond donors (Lipinski definition) is 0. The van der Waals surface area contributed by atoms with Crippen molar-refractivity contribution in [3.8, 4) is 0 Å². The smallest absolute Gasteiger partial charge is 0.178 e. The van der Waals surface area contributed by atoms with Crippen molar-refractivity contribution in [2.45, 2.75) is 0 Å². The second kappa shape index (κ2) is 10.3. The fourth-order valence-corrected chi connectivity index (χ4v) is 3.79. The number of benzene rings is 3. The average molecular weight is 417 g/mol. The Hall–Kier alpha value is -4.04. The predicted molar refractivity (Wildman–Crippen MR) is 130 cm³/mol. The molecule has 3 aromatic rings. The molecule has 0 radical (unpaired) electrons. The van der Waals surface area contributed by atoms with Gasteiger partial charge in [-0.15, -0.1) is 0 Å². The SMILES string of the molecule is O=C(c1ccccc1)C(C(=O)c1ccccc1)/C(=C/C=C/C1C=CC=C1)c1ccccc1. The fraction of sp³-hybridized carbons (Fsp3) is 0.0667. The lowest BCUT2D eigenvalue weighted by atomic mass is 9.81. The van der Waals surface area contributed by atoms with E-state index in [9.17, 15) is 9.59 Å². The standard InChI is InChI=1S/C30H24O2/c31-29(25-18-6-2-7-19-25)28(30(32)26-20-8-3-9-21-26)27(24-16-4-1-5-17-24)22-12-15-23-13-10-11-14-23/h1-23,28H/b15-12+,27-22+. The molecule has 0 bridgehead atoms. The van der Waals surface area contributed by atoms with Gasteiger partial charge in [-0.1, -0.05) is 134 Å². The summed E-state index contributed by atoms with van der Waals surface area (Å²) in [6.07, 6.45) is 14.1. The van der Waals surface area contributed by atoms with Gasteiger partial charge in [-0.25, -0.2) is 0 Å². The van der Waals surface area contributed by atoms with E-state index < -0.39 is 5.92 Å². The zero-order valence-electron chi connectivity index (χ0n) is 17.7. The molecule has 1 aliphatic carbocycles. The van der Waals surface area contributed by atoms with E-state index >= 15 is 0 Å². The summed E-state index contributed by atoms with van der Waals surface area (Å²) in [5.41, 5.74) is 2.59. The molecule has 0 N–H and O–H groups in total. The monoisotopic (exact) mass is 416 g/mol. The Labute approximate surface area is 188 Å². The van der Waals surface area contributed by atoms with Gasteiger partial charge in [0.1, 0.15) is 5.92 Å². The molecule has 0 saturated heterocycles. The lowest BCUT2D eigenvalue weighted by molar-refractivity contribution is 0.0847. The van der Waals surface area contributed by atoms with Crippen LogP contribution in [0.4, 0.5) is 0 Å². The van der Waals surface area contributed by atoms with Crippen molar-refractivity contribution >= 4 is 17.1 Å². The zero-order chi connectivity index (χ0) is 22.2. The highest BCUT2D eigenvalue weighted by molar-refractivity contribution is 6.23. The minimum absolute atomic E-state index is 0.205. The molecular weight excluding hydrogens is 392 g/mol. The van der Waals surface area contributed by atoms with Crippen molar-refractivity contribution in [3.63, 3.8) is 0 Å². The maximum atomic E-state index is 13.7. The molecule has 2 heteroatoms. The summed E-state index contributed by atoms with van der Waals surface area (Å²) in [6, 6.07) is 27.7. The molecule has 2 nitrogen and oxygen atoms in total. The second-order valence-corrected chi connectivity index (χ2v) is 7.61. The lowest BCUT2D eigenvalue weighted by Crippen LogP contribution is -2.26. The van der Waals surface area contributed by atoms with Crippen LogP contribution in [0.25, 0.3) is 5.57 Å². The second-order valence-electron chi connectivity index (χ2n) is 7.61. The third-order valence-corrected chi connectivity index (χ3v) is 5.45. The van der Waals surface area contributed by atoms with Gasteiger partial charge in [0.25, 0.3) is 0 Å². The molecule has 32 heavy (non-hydrogen) atoms. The van der Waals surface area contributed by atoms with Crippen LogP contribution in [0.2, 0.25) is 0 Å². The van der Waals surface area contributed by atoms with Crippen molar-refractivity contribution in [3.05, 3.63) is 150 Å². The third-order valence-electron chi connectivity index (χ3n) is 5.45. The Balaban J connectivity index is 1.82. The molecule has 0 amide bonds. The molecule has 0 aliphatic heterocycles. The van der Waals surface area contributed by atoms with Gasteiger partial charge >= 0.3 is 0 Å². The summed E-state index contributed by atoms with van der Waals surface area (Å²) < 4.78 is 0.